The topological polar surface area (TPSA) is 55.1 Å². The number of unbranched alkanes of at least 4 members (excludes halogenated alkanes) is 3. The molecule has 0 aliphatic rings. The van der Waals surface area contributed by atoms with Gasteiger partial charge < -0.3 is 11.1 Å². The number of nitrogens with two attached hydrogens (primary N) is 1. The molecule has 106 valence electrons. The van der Waals surface area contributed by atoms with Crippen LogP contribution >= 0.6 is 11.6 Å². The third-order valence-corrected chi connectivity index (χ3v) is 3.36. The van der Waals surface area contributed by atoms with E-state index in [1.807, 2.05) is 6.92 Å². The molecule has 0 aliphatic heterocycles. The molecular weight excluding hydrogens is 260 g/mol. The molecule has 19 heavy (non-hydrogen) atoms. The average molecular weight is 283 g/mol. The van der Waals surface area contributed by atoms with Gasteiger partial charge in [-0.05, 0) is 31.5 Å². The number of nitrogen functional groups attached to an aromatic ring is 1. The molecule has 1 aromatic carbocycles. The monoisotopic (exact) mass is 282 g/mol. The van der Waals surface area contributed by atoms with Gasteiger partial charge in [0.25, 0.3) is 5.91 Å². The number of amides is 1. The number of carbonyl (C=O) groups excluding carboxylic acids is 1. The van der Waals surface area contributed by atoms with Gasteiger partial charge in [-0.2, -0.15) is 0 Å². The molecular formula is C15H23ClN2O. The Kier molecular flexibility index (Phi) is 6.71. The predicted molar refractivity (Wildman–Crippen MR) is 81.6 cm³/mol. The SMILES string of the molecule is CCCCCCC(C)NC(=O)c1ccc(Cl)cc1N. The normalized spacial score (nSPS) is 12.2. The van der Waals surface area contributed by atoms with Gasteiger partial charge in [0.2, 0.25) is 0 Å². The van der Waals surface area contributed by atoms with Crippen LogP contribution in [0, 0.1) is 0 Å². The molecule has 0 heterocycles. The fourth-order valence-corrected chi connectivity index (χ4v) is 2.17. The molecule has 1 rings (SSSR count). The quantitative estimate of drug-likeness (QED) is 0.586. The van der Waals surface area contributed by atoms with E-state index >= 15 is 0 Å². The Morgan fingerprint density at radius 2 is 2.11 bits per heavy atom. The summed E-state index contributed by atoms with van der Waals surface area (Å²) in [5.74, 6) is -0.128. The first-order chi connectivity index (χ1) is 9.04. The van der Waals surface area contributed by atoms with Crippen LogP contribution in [0.5, 0.6) is 0 Å². The van der Waals surface area contributed by atoms with Gasteiger partial charge in [-0.1, -0.05) is 44.2 Å². The summed E-state index contributed by atoms with van der Waals surface area (Å²) in [5, 5.41) is 3.51. The summed E-state index contributed by atoms with van der Waals surface area (Å²) in [6.07, 6.45) is 5.84. The lowest BCUT2D eigenvalue weighted by Crippen LogP contribution is -2.32. The minimum absolute atomic E-state index is 0.128. The van der Waals surface area contributed by atoms with E-state index in [1.54, 1.807) is 18.2 Å². The summed E-state index contributed by atoms with van der Waals surface area (Å²) in [6.45, 7) is 4.21. The third-order valence-electron chi connectivity index (χ3n) is 3.13. The Hall–Kier alpha value is -1.22. The summed E-state index contributed by atoms with van der Waals surface area (Å²) < 4.78 is 0. The van der Waals surface area contributed by atoms with Crippen molar-refractivity contribution in [1.82, 2.24) is 5.32 Å². The van der Waals surface area contributed by atoms with E-state index in [0.717, 1.165) is 12.8 Å². The van der Waals surface area contributed by atoms with Crippen molar-refractivity contribution in [3.8, 4) is 0 Å². The summed E-state index contributed by atoms with van der Waals surface area (Å²) in [4.78, 5) is 12.0. The molecule has 3 nitrogen and oxygen atoms in total. The van der Waals surface area contributed by atoms with Crippen molar-refractivity contribution in [2.75, 3.05) is 5.73 Å². The van der Waals surface area contributed by atoms with Crippen LogP contribution in [0.2, 0.25) is 5.02 Å². The Balaban J connectivity index is 2.45. The van der Waals surface area contributed by atoms with Gasteiger partial charge in [0.05, 0.1) is 5.56 Å². The molecule has 0 saturated heterocycles. The first kappa shape index (κ1) is 15.8. The first-order valence-corrected chi connectivity index (χ1v) is 7.28. The molecule has 0 fully saturated rings. The number of carbonyl (C=O) groups is 1. The molecule has 0 bridgehead atoms. The maximum Gasteiger partial charge on any atom is 0.253 e. The van der Waals surface area contributed by atoms with Crippen LogP contribution < -0.4 is 11.1 Å². The molecule has 4 heteroatoms. The molecule has 0 aromatic heterocycles. The number of nitrogens with one attached hydrogen (secondary N) is 1. The fraction of sp³-hybridized carbons (Fsp3) is 0.533. The van der Waals surface area contributed by atoms with Gasteiger partial charge in [-0.25, -0.2) is 0 Å². The van der Waals surface area contributed by atoms with Crippen molar-refractivity contribution in [1.29, 1.82) is 0 Å². The highest BCUT2D eigenvalue weighted by molar-refractivity contribution is 6.31. The lowest BCUT2D eigenvalue weighted by molar-refractivity contribution is 0.0939. The van der Waals surface area contributed by atoms with E-state index in [1.165, 1.54) is 19.3 Å². The van der Waals surface area contributed by atoms with E-state index in [9.17, 15) is 4.79 Å². The zero-order valence-corrected chi connectivity index (χ0v) is 12.5. The Morgan fingerprint density at radius 3 is 2.74 bits per heavy atom. The number of anilines is 1. The van der Waals surface area contributed by atoms with Crippen molar-refractivity contribution in [2.45, 2.75) is 52.0 Å². The maximum atomic E-state index is 12.0. The highest BCUT2D eigenvalue weighted by atomic mass is 35.5. The van der Waals surface area contributed by atoms with Crippen LogP contribution in [0.3, 0.4) is 0 Å². The Morgan fingerprint density at radius 1 is 1.37 bits per heavy atom. The minimum Gasteiger partial charge on any atom is -0.398 e. The van der Waals surface area contributed by atoms with Crippen LogP contribution in [0.1, 0.15) is 56.3 Å². The number of halogens is 1. The average Bonchev–Trinajstić information content (AvgIpc) is 2.34. The van der Waals surface area contributed by atoms with Crippen molar-refractivity contribution in [3.63, 3.8) is 0 Å². The summed E-state index contributed by atoms with van der Waals surface area (Å²) in [7, 11) is 0. The molecule has 0 radical (unpaired) electrons. The van der Waals surface area contributed by atoms with Crippen LogP contribution in [0.25, 0.3) is 0 Å². The second-order valence-electron chi connectivity index (χ2n) is 4.96. The van der Waals surface area contributed by atoms with Crippen molar-refractivity contribution in [2.24, 2.45) is 0 Å². The van der Waals surface area contributed by atoms with Crippen LogP contribution in [-0.2, 0) is 0 Å². The van der Waals surface area contributed by atoms with Crippen molar-refractivity contribution < 1.29 is 4.79 Å². The maximum absolute atomic E-state index is 12.0. The third kappa shape index (κ3) is 5.52. The fourth-order valence-electron chi connectivity index (χ4n) is 1.99. The van der Waals surface area contributed by atoms with Crippen LogP contribution in [0.4, 0.5) is 5.69 Å². The van der Waals surface area contributed by atoms with E-state index in [-0.39, 0.29) is 11.9 Å². The molecule has 1 aromatic rings. The lowest BCUT2D eigenvalue weighted by atomic mass is 10.1. The second kappa shape index (κ2) is 8.05. The van der Waals surface area contributed by atoms with Crippen LogP contribution in [0.15, 0.2) is 18.2 Å². The highest BCUT2D eigenvalue weighted by Gasteiger charge is 2.12. The molecule has 0 saturated carbocycles. The minimum atomic E-state index is -0.128. The summed E-state index contributed by atoms with van der Waals surface area (Å²) in [5.41, 5.74) is 6.70. The number of rotatable bonds is 7. The van der Waals surface area contributed by atoms with Crippen LogP contribution in [-0.4, -0.2) is 11.9 Å². The first-order valence-electron chi connectivity index (χ1n) is 6.90. The molecule has 1 amide bonds. The highest BCUT2D eigenvalue weighted by Crippen LogP contribution is 2.18. The van der Waals surface area contributed by atoms with Gasteiger partial charge in [-0.15, -0.1) is 0 Å². The van der Waals surface area contributed by atoms with Gasteiger partial charge in [0.1, 0.15) is 0 Å². The molecule has 3 N–H and O–H groups in total. The zero-order valence-electron chi connectivity index (χ0n) is 11.7. The number of benzene rings is 1. The van der Waals surface area contributed by atoms with E-state index in [2.05, 4.69) is 12.2 Å². The summed E-state index contributed by atoms with van der Waals surface area (Å²) in [6, 6.07) is 5.11. The van der Waals surface area contributed by atoms with E-state index in [4.69, 9.17) is 17.3 Å². The number of hydrogen-bond donors (Lipinski definition) is 2. The van der Waals surface area contributed by atoms with Gasteiger partial charge >= 0.3 is 0 Å². The lowest BCUT2D eigenvalue weighted by Gasteiger charge is -2.14. The van der Waals surface area contributed by atoms with Gasteiger partial charge in [0, 0.05) is 16.8 Å². The van der Waals surface area contributed by atoms with Gasteiger partial charge in [0.15, 0.2) is 0 Å². The predicted octanol–water partition coefficient (Wildman–Crippen LogP) is 4.01. The number of hydrogen-bond acceptors (Lipinski definition) is 2. The molecule has 1 atom stereocenters. The standard InChI is InChI=1S/C15H23ClN2O/c1-3-4-5-6-7-11(2)18-15(19)13-9-8-12(16)10-14(13)17/h8-11H,3-7,17H2,1-2H3,(H,18,19). The largest absolute Gasteiger partial charge is 0.398 e. The van der Waals surface area contributed by atoms with Gasteiger partial charge in [-0.3, -0.25) is 4.79 Å². The smallest absolute Gasteiger partial charge is 0.253 e. The Bertz CT molecular complexity index is 421. The van der Waals surface area contributed by atoms with Crippen molar-refractivity contribution >= 4 is 23.2 Å². The summed E-state index contributed by atoms with van der Waals surface area (Å²) >= 11 is 5.81. The Labute approximate surface area is 120 Å². The van der Waals surface area contributed by atoms with E-state index < -0.39 is 0 Å². The van der Waals surface area contributed by atoms with E-state index in [0.29, 0.717) is 16.3 Å². The second-order valence-corrected chi connectivity index (χ2v) is 5.39. The molecule has 1 unspecified atom stereocenters. The molecule has 0 spiro atoms. The molecule has 0 aliphatic carbocycles. The van der Waals surface area contributed by atoms with Crippen molar-refractivity contribution in [3.05, 3.63) is 28.8 Å². The zero-order chi connectivity index (χ0) is 14.3.